The van der Waals surface area contributed by atoms with Crippen LogP contribution in [0.1, 0.15) is 16.1 Å². The lowest BCUT2D eigenvalue weighted by molar-refractivity contribution is 0.0950. The first kappa shape index (κ1) is 18.0. The van der Waals surface area contributed by atoms with E-state index >= 15 is 0 Å². The van der Waals surface area contributed by atoms with Crippen LogP contribution in [0.5, 0.6) is 17.2 Å². The highest BCUT2D eigenvalue weighted by Crippen LogP contribution is 2.32. The maximum absolute atomic E-state index is 12.2. The van der Waals surface area contributed by atoms with Crippen molar-refractivity contribution in [1.82, 2.24) is 15.6 Å². The molecular formula is C19H18N4O4. The van der Waals surface area contributed by atoms with E-state index < -0.39 is 5.91 Å². The standard InChI is InChI=1S/C19H18N4O4/c1-26-14-6-7-18(27-2)15(9-14)16-10-17(22-21-16)19(25)23-20-11-12-4-3-5-13(24)8-12/h3-11,24H,1-2H3,(H,21,22)(H,23,25)/b20-11-. The number of hydrogen-bond acceptors (Lipinski definition) is 6. The van der Waals surface area contributed by atoms with Gasteiger partial charge in [0.25, 0.3) is 5.91 Å². The molecule has 3 N–H and O–H groups in total. The first-order chi connectivity index (χ1) is 13.1. The molecule has 2 aromatic carbocycles. The molecule has 3 rings (SSSR count). The second kappa shape index (κ2) is 8.05. The molecule has 0 unspecified atom stereocenters. The molecule has 0 saturated carbocycles. The number of nitrogens with one attached hydrogen (secondary N) is 2. The van der Waals surface area contributed by atoms with Crippen molar-refractivity contribution in [1.29, 1.82) is 0 Å². The van der Waals surface area contributed by atoms with E-state index in [9.17, 15) is 9.90 Å². The number of amides is 1. The quantitative estimate of drug-likeness (QED) is 0.459. The number of hydrazone groups is 1. The van der Waals surface area contributed by atoms with E-state index in [1.54, 1.807) is 56.7 Å². The van der Waals surface area contributed by atoms with E-state index in [-0.39, 0.29) is 11.4 Å². The average Bonchev–Trinajstić information content (AvgIpc) is 3.17. The van der Waals surface area contributed by atoms with E-state index in [0.29, 0.717) is 28.3 Å². The average molecular weight is 366 g/mol. The Morgan fingerprint density at radius 1 is 1.19 bits per heavy atom. The second-order valence-corrected chi connectivity index (χ2v) is 5.53. The van der Waals surface area contributed by atoms with Crippen molar-refractivity contribution in [3.63, 3.8) is 0 Å². The zero-order chi connectivity index (χ0) is 19.2. The molecule has 0 spiro atoms. The molecule has 0 bridgehead atoms. The van der Waals surface area contributed by atoms with Crippen molar-refractivity contribution in [2.24, 2.45) is 5.10 Å². The summed E-state index contributed by atoms with van der Waals surface area (Å²) in [5, 5.41) is 20.1. The lowest BCUT2D eigenvalue weighted by Crippen LogP contribution is -2.17. The molecule has 0 saturated heterocycles. The number of nitrogens with zero attached hydrogens (tertiary/aromatic N) is 2. The molecule has 3 aromatic rings. The van der Waals surface area contributed by atoms with E-state index in [1.165, 1.54) is 12.3 Å². The van der Waals surface area contributed by atoms with Crippen LogP contribution >= 0.6 is 0 Å². The molecule has 0 fully saturated rings. The molecule has 0 aliphatic rings. The van der Waals surface area contributed by atoms with Crippen LogP contribution in [0.3, 0.4) is 0 Å². The van der Waals surface area contributed by atoms with Gasteiger partial charge in [-0.2, -0.15) is 10.2 Å². The van der Waals surface area contributed by atoms with Crippen LogP contribution < -0.4 is 14.9 Å². The largest absolute Gasteiger partial charge is 0.508 e. The number of hydrogen-bond donors (Lipinski definition) is 3. The van der Waals surface area contributed by atoms with E-state index in [4.69, 9.17) is 9.47 Å². The van der Waals surface area contributed by atoms with Gasteiger partial charge in [-0.3, -0.25) is 9.89 Å². The number of H-pyrrole nitrogens is 1. The van der Waals surface area contributed by atoms with E-state index in [0.717, 1.165) is 0 Å². The highest BCUT2D eigenvalue weighted by Gasteiger charge is 2.14. The number of methoxy groups -OCH3 is 2. The first-order valence-corrected chi connectivity index (χ1v) is 8.01. The maximum Gasteiger partial charge on any atom is 0.289 e. The van der Waals surface area contributed by atoms with Gasteiger partial charge in [0.15, 0.2) is 0 Å². The molecule has 1 aromatic heterocycles. The number of phenols is 1. The van der Waals surface area contributed by atoms with Gasteiger partial charge in [0, 0.05) is 5.56 Å². The van der Waals surface area contributed by atoms with E-state index in [1.807, 2.05) is 0 Å². The van der Waals surface area contributed by atoms with Gasteiger partial charge in [0.2, 0.25) is 0 Å². The molecule has 0 atom stereocenters. The van der Waals surface area contributed by atoms with Gasteiger partial charge in [0.1, 0.15) is 22.9 Å². The zero-order valence-electron chi connectivity index (χ0n) is 14.8. The molecule has 0 aliphatic heterocycles. The molecule has 8 heteroatoms. The van der Waals surface area contributed by atoms with Crippen LogP contribution in [-0.2, 0) is 0 Å². The fourth-order valence-electron chi connectivity index (χ4n) is 2.42. The van der Waals surface area contributed by atoms with Crippen molar-refractivity contribution in [3.8, 4) is 28.5 Å². The Morgan fingerprint density at radius 3 is 2.78 bits per heavy atom. The van der Waals surface area contributed by atoms with Crippen LogP contribution in [-0.4, -0.2) is 41.6 Å². The summed E-state index contributed by atoms with van der Waals surface area (Å²) < 4.78 is 10.6. The molecule has 1 heterocycles. The number of carbonyl (C=O) groups excluding carboxylic acids is 1. The Kier molecular flexibility index (Phi) is 5.36. The van der Waals surface area contributed by atoms with Crippen molar-refractivity contribution in [2.75, 3.05) is 14.2 Å². The van der Waals surface area contributed by atoms with Gasteiger partial charge >= 0.3 is 0 Å². The topological polar surface area (TPSA) is 109 Å². The minimum absolute atomic E-state index is 0.121. The molecular weight excluding hydrogens is 348 g/mol. The number of aromatic hydroxyl groups is 1. The summed E-state index contributed by atoms with van der Waals surface area (Å²) in [5.41, 5.74) is 4.52. The Bertz CT molecular complexity index is 981. The number of carbonyl (C=O) groups is 1. The molecule has 0 aliphatic carbocycles. The van der Waals surface area contributed by atoms with Gasteiger partial charge in [-0.05, 0) is 42.0 Å². The Morgan fingerprint density at radius 2 is 2.04 bits per heavy atom. The number of aromatic nitrogens is 2. The Balaban J connectivity index is 1.74. The number of ether oxygens (including phenoxy) is 2. The van der Waals surface area contributed by atoms with Gasteiger partial charge in [-0.15, -0.1) is 0 Å². The van der Waals surface area contributed by atoms with Crippen molar-refractivity contribution < 1.29 is 19.4 Å². The normalized spacial score (nSPS) is 10.7. The Labute approximate surface area is 155 Å². The minimum atomic E-state index is -0.452. The number of aromatic amines is 1. The third kappa shape index (κ3) is 4.24. The van der Waals surface area contributed by atoms with Crippen LogP contribution in [0.25, 0.3) is 11.3 Å². The Hall–Kier alpha value is -3.81. The van der Waals surface area contributed by atoms with E-state index in [2.05, 4.69) is 20.7 Å². The van der Waals surface area contributed by atoms with Gasteiger partial charge in [-0.1, -0.05) is 12.1 Å². The molecule has 27 heavy (non-hydrogen) atoms. The molecule has 8 nitrogen and oxygen atoms in total. The second-order valence-electron chi connectivity index (χ2n) is 5.53. The van der Waals surface area contributed by atoms with Crippen molar-refractivity contribution in [3.05, 3.63) is 59.8 Å². The summed E-state index contributed by atoms with van der Waals surface area (Å²) >= 11 is 0. The number of rotatable bonds is 6. The third-order valence-electron chi connectivity index (χ3n) is 3.76. The predicted molar refractivity (Wildman–Crippen MR) is 100 cm³/mol. The zero-order valence-corrected chi connectivity index (χ0v) is 14.8. The highest BCUT2D eigenvalue weighted by atomic mass is 16.5. The lowest BCUT2D eigenvalue weighted by Gasteiger charge is -2.08. The molecule has 138 valence electrons. The van der Waals surface area contributed by atoms with Crippen LogP contribution in [0.2, 0.25) is 0 Å². The summed E-state index contributed by atoms with van der Waals surface area (Å²) in [4.78, 5) is 12.2. The molecule has 0 radical (unpaired) electrons. The highest BCUT2D eigenvalue weighted by molar-refractivity contribution is 5.94. The smallest absolute Gasteiger partial charge is 0.289 e. The third-order valence-corrected chi connectivity index (χ3v) is 3.76. The fourth-order valence-corrected chi connectivity index (χ4v) is 2.42. The maximum atomic E-state index is 12.2. The molecule has 1 amide bonds. The van der Waals surface area contributed by atoms with Crippen molar-refractivity contribution in [2.45, 2.75) is 0 Å². The van der Waals surface area contributed by atoms with Crippen LogP contribution in [0.15, 0.2) is 53.6 Å². The van der Waals surface area contributed by atoms with Crippen molar-refractivity contribution >= 4 is 12.1 Å². The van der Waals surface area contributed by atoms with Gasteiger partial charge < -0.3 is 14.6 Å². The lowest BCUT2D eigenvalue weighted by atomic mass is 10.1. The van der Waals surface area contributed by atoms with Crippen LogP contribution in [0, 0.1) is 0 Å². The SMILES string of the molecule is COc1ccc(OC)c(-c2cc(C(=O)N/N=C\c3cccc(O)c3)[nH]n2)c1. The van der Waals surface area contributed by atoms with Crippen LogP contribution in [0.4, 0.5) is 0 Å². The van der Waals surface area contributed by atoms with Gasteiger partial charge in [-0.25, -0.2) is 5.43 Å². The summed E-state index contributed by atoms with van der Waals surface area (Å²) in [7, 11) is 3.13. The first-order valence-electron chi connectivity index (χ1n) is 8.01. The summed E-state index contributed by atoms with van der Waals surface area (Å²) in [6, 6.07) is 13.4. The monoisotopic (exact) mass is 366 g/mol. The number of benzene rings is 2. The number of phenolic OH excluding ortho intramolecular Hbond substituents is 1. The summed E-state index contributed by atoms with van der Waals surface area (Å²) in [6.45, 7) is 0. The summed E-state index contributed by atoms with van der Waals surface area (Å²) in [5.74, 6) is 0.925. The predicted octanol–water partition coefficient (Wildman–Crippen LogP) is 2.56. The summed E-state index contributed by atoms with van der Waals surface area (Å²) in [6.07, 6.45) is 1.43. The minimum Gasteiger partial charge on any atom is -0.508 e. The fraction of sp³-hybridized carbons (Fsp3) is 0.105. The van der Waals surface area contributed by atoms with Gasteiger partial charge in [0.05, 0.1) is 26.1 Å².